The molecule has 3 aromatic carbocycles. The van der Waals surface area contributed by atoms with Gasteiger partial charge in [0, 0.05) is 22.5 Å². The van der Waals surface area contributed by atoms with Crippen LogP contribution in [-0.2, 0) is 29.1 Å². The van der Waals surface area contributed by atoms with Gasteiger partial charge >= 0.3 is 11.9 Å². The molecular weight excluding hydrogens is 544 g/mol. The molecule has 0 fully saturated rings. The first-order valence-electron chi connectivity index (χ1n) is 11.8. The number of hydrogen-bond donors (Lipinski definition) is 0. The van der Waals surface area contributed by atoms with E-state index < -0.39 is 22.5 Å². The molecule has 0 bridgehead atoms. The average molecular weight is 573 g/mol. The lowest BCUT2D eigenvalue weighted by atomic mass is 10.0. The highest BCUT2D eigenvalue weighted by Crippen LogP contribution is 2.38. The van der Waals surface area contributed by atoms with Crippen LogP contribution in [0.15, 0.2) is 59.5 Å². The smallest absolute Gasteiger partial charge is 0.326 e. The Morgan fingerprint density at radius 3 is 2.15 bits per heavy atom. The monoisotopic (exact) mass is 572 g/mol. The van der Waals surface area contributed by atoms with Crippen LogP contribution < -0.4 is 13.9 Å². The first kappa shape index (κ1) is 29.6. The van der Waals surface area contributed by atoms with Gasteiger partial charge in [0.1, 0.15) is 12.3 Å². The van der Waals surface area contributed by atoms with Gasteiger partial charge in [0.25, 0.3) is 10.0 Å². The summed E-state index contributed by atoms with van der Waals surface area (Å²) in [6.07, 6.45) is 5.74. The maximum Gasteiger partial charge on any atom is 0.326 e. The number of nitrogens with zero attached hydrogens (tertiary/aromatic N) is 2. The molecule has 0 aliphatic carbocycles. The van der Waals surface area contributed by atoms with E-state index in [9.17, 15) is 18.0 Å². The van der Waals surface area contributed by atoms with Gasteiger partial charge in [-0.05, 0) is 37.3 Å². The summed E-state index contributed by atoms with van der Waals surface area (Å²) in [4.78, 5) is 26.1. The molecule has 3 rings (SSSR count). The SMILES string of the molecule is C#CCN(c1ccc(N(CC(=O)OC)S(=O)(=O)c2ccc(OC)c(Cl)c2)c2ccccc12)[C@@H](C)CC(=O)OC. The normalized spacial score (nSPS) is 11.8. The molecule has 206 valence electrons. The largest absolute Gasteiger partial charge is 0.495 e. The van der Waals surface area contributed by atoms with Crippen molar-refractivity contribution in [3.63, 3.8) is 0 Å². The van der Waals surface area contributed by atoms with Crippen molar-refractivity contribution in [1.29, 1.82) is 0 Å². The number of esters is 2. The molecular formula is C28H29ClN2O7S. The molecule has 1 atom stereocenters. The minimum Gasteiger partial charge on any atom is -0.495 e. The molecule has 0 saturated carbocycles. The molecule has 0 heterocycles. The molecule has 0 aromatic heterocycles. The van der Waals surface area contributed by atoms with Crippen LogP contribution in [0.1, 0.15) is 13.3 Å². The van der Waals surface area contributed by atoms with E-state index in [1.807, 2.05) is 17.9 Å². The van der Waals surface area contributed by atoms with E-state index in [-0.39, 0.29) is 40.6 Å². The second-order valence-corrected chi connectivity index (χ2v) is 10.8. The summed E-state index contributed by atoms with van der Waals surface area (Å²) in [6.45, 7) is 1.45. The van der Waals surface area contributed by atoms with E-state index in [2.05, 4.69) is 5.92 Å². The zero-order chi connectivity index (χ0) is 28.7. The van der Waals surface area contributed by atoms with E-state index in [1.54, 1.807) is 30.3 Å². The van der Waals surface area contributed by atoms with Crippen LogP contribution in [-0.4, -0.2) is 60.8 Å². The van der Waals surface area contributed by atoms with Gasteiger partial charge in [0.15, 0.2) is 0 Å². The molecule has 0 N–H and O–H groups in total. The molecule has 3 aromatic rings. The number of halogens is 1. The highest BCUT2D eigenvalue weighted by molar-refractivity contribution is 7.92. The Morgan fingerprint density at radius 2 is 1.59 bits per heavy atom. The summed E-state index contributed by atoms with van der Waals surface area (Å²) in [7, 11) is -0.377. The number of benzene rings is 3. The topological polar surface area (TPSA) is 102 Å². The first-order chi connectivity index (χ1) is 18.6. The van der Waals surface area contributed by atoms with Crippen molar-refractivity contribution in [2.45, 2.75) is 24.3 Å². The molecule has 0 aliphatic heterocycles. The summed E-state index contributed by atoms with van der Waals surface area (Å²) < 4.78 is 43.5. The zero-order valence-electron chi connectivity index (χ0n) is 22.0. The maximum absolute atomic E-state index is 13.9. The van der Waals surface area contributed by atoms with Crippen molar-refractivity contribution < 1.29 is 32.2 Å². The van der Waals surface area contributed by atoms with Crippen molar-refractivity contribution in [3.05, 3.63) is 59.6 Å². The molecule has 0 saturated heterocycles. The number of sulfonamides is 1. The van der Waals surface area contributed by atoms with Gasteiger partial charge in [-0.15, -0.1) is 6.42 Å². The number of fused-ring (bicyclic) bond motifs is 1. The van der Waals surface area contributed by atoms with Gasteiger partial charge in [0.2, 0.25) is 0 Å². The molecule has 39 heavy (non-hydrogen) atoms. The summed E-state index contributed by atoms with van der Waals surface area (Å²) in [5.41, 5.74) is 0.930. The third kappa shape index (κ3) is 6.38. The Bertz CT molecular complexity index is 1520. The van der Waals surface area contributed by atoms with Gasteiger partial charge in [-0.2, -0.15) is 0 Å². The van der Waals surface area contributed by atoms with E-state index in [4.69, 9.17) is 32.2 Å². The zero-order valence-corrected chi connectivity index (χ0v) is 23.6. The highest BCUT2D eigenvalue weighted by atomic mass is 35.5. The Kier molecular flexibility index (Phi) is 9.67. The van der Waals surface area contributed by atoms with Crippen molar-refractivity contribution in [2.75, 3.05) is 43.6 Å². The highest BCUT2D eigenvalue weighted by Gasteiger charge is 2.30. The standard InChI is InChI=1S/C28H29ClN2O7S/c1-6-15-30(19(2)16-27(32)37-4)24-12-13-25(22-10-8-7-9-21(22)24)31(18-28(33)38-5)39(34,35)20-11-14-26(36-3)23(29)17-20/h1,7-14,17,19H,15-16,18H2,2-5H3/t19-/m0/s1. The Hall–Kier alpha value is -3.94. The van der Waals surface area contributed by atoms with Crippen molar-refractivity contribution in [2.24, 2.45) is 0 Å². The van der Waals surface area contributed by atoms with Crippen molar-refractivity contribution in [3.8, 4) is 18.1 Å². The number of carbonyl (C=O) groups is 2. The van der Waals surface area contributed by atoms with Crippen molar-refractivity contribution >= 4 is 55.7 Å². The third-order valence-electron chi connectivity index (χ3n) is 6.15. The predicted molar refractivity (Wildman–Crippen MR) is 151 cm³/mol. The molecule has 0 radical (unpaired) electrons. The van der Waals surface area contributed by atoms with E-state index in [0.717, 1.165) is 4.31 Å². The Balaban J connectivity index is 2.22. The van der Waals surface area contributed by atoms with Crippen LogP contribution in [0.25, 0.3) is 10.8 Å². The first-order valence-corrected chi connectivity index (χ1v) is 13.6. The van der Waals surface area contributed by atoms with Crippen LogP contribution in [0.2, 0.25) is 5.02 Å². The lowest BCUT2D eigenvalue weighted by Gasteiger charge is -2.32. The fourth-order valence-electron chi connectivity index (χ4n) is 4.16. The average Bonchev–Trinajstić information content (AvgIpc) is 2.93. The second kappa shape index (κ2) is 12.7. The minimum atomic E-state index is -4.29. The number of hydrogen-bond acceptors (Lipinski definition) is 8. The quantitative estimate of drug-likeness (QED) is 0.248. The van der Waals surface area contributed by atoms with Crippen LogP contribution in [0.4, 0.5) is 11.4 Å². The van der Waals surface area contributed by atoms with Gasteiger partial charge < -0.3 is 19.1 Å². The molecule has 0 spiro atoms. The predicted octanol–water partition coefficient (Wildman–Crippen LogP) is 4.26. The molecule has 0 aliphatic rings. The van der Waals surface area contributed by atoms with Crippen LogP contribution in [0.3, 0.4) is 0 Å². The van der Waals surface area contributed by atoms with E-state index >= 15 is 0 Å². The summed E-state index contributed by atoms with van der Waals surface area (Å²) in [5, 5.41) is 1.30. The fraction of sp³-hybridized carbons (Fsp3) is 0.286. The molecule has 0 amide bonds. The molecule has 0 unspecified atom stereocenters. The third-order valence-corrected chi connectivity index (χ3v) is 8.20. The van der Waals surface area contributed by atoms with Crippen molar-refractivity contribution in [1.82, 2.24) is 0 Å². The maximum atomic E-state index is 13.9. The van der Waals surface area contributed by atoms with Gasteiger partial charge in [-0.1, -0.05) is 41.8 Å². The minimum absolute atomic E-state index is 0.0926. The summed E-state index contributed by atoms with van der Waals surface area (Å²) in [5.74, 6) is 1.78. The number of carbonyl (C=O) groups excluding carboxylic acids is 2. The van der Waals surface area contributed by atoms with Crippen LogP contribution >= 0.6 is 11.6 Å². The lowest BCUT2D eigenvalue weighted by Crippen LogP contribution is -2.37. The number of terminal acetylenes is 1. The van der Waals surface area contributed by atoms with Gasteiger partial charge in [0.05, 0.1) is 49.9 Å². The Labute approximate surface area is 233 Å². The number of methoxy groups -OCH3 is 3. The Morgan fingerprint density at radius 1 is 0.974 bits per heavy atom. The van der Waals surface area contributed by atoms with Gasteiger partial charge in [-0.25, -0.2) is 8.42 Å². The van der Waals surface area contributed by atoms with E-state index in [1.165, 1.54) is 39.5 Å². The number of ether oxygens (including phenoxy) is 3. The van der Waals surface area contributed by atoms with Crippen LogP contribution in [0, 0.1) is 12.3 Å². The summed E-state index contributed by atoms with van der Waals surface area (Å²) in [6, 6.07) is 14.2. The fourth-order valence-corrected chi connectivity index (χ4v) is 5.94. The molecule has 11 heteroatoms. The van der Waals surface area contributed by atoms with Gasteiger partial charge in [-0.3, -0.25) is 13.9 Å². The summed E-state index contributed by atoms with van der Waals surface area (Å²) >= 11 is 6.22. The molecule has 9 nitrogen and oxygen atoms in total. The van der Waals surface area contributed by atoms with Crippen LogP contribution in [0.5, 0.6) is 5.75 Å². The number of anilines is 2. The second-order valence-electron chi connectivity index (χ2n) is 8.49. The lowest BCUT2D eigenvalue weighted by molar-refractivity contribution is -0.141. The number of rotatable bonds is 11. The van der Waals surface area contributed by atoms with E-state index in [0.29, 0.717) is 22.2 Å².